The molecular formula is C12H20N2O3. The molecule has 1 atom stereocenters. The number of rotatable bonds is 2. The average Bonchev–Trinajstić information content (AvgIpc) is 2.38. The van der Waals surface area contributed by atoms with Gasteiger partial charge in [0.15, 0.2) is 0 Å². The van der Waals surface area contributed by atoms with Crippen LogP contribution in [0.2, 0.25) is 0 Å². The fourth-order valence-electron chi connectivity index (χ4n) is 2.56. The molecule has 2 rings (SSSR count). The van der Waals surface area contributed by atoms with Gasteiger partial charge >= 0.3 is 0 Å². The van der Waals surface area contributed by atoms with Gasteiger partial charge in [0.05, 0.1) is 0 Å². The Morgan fingerprint density at radius 2 is 2.18 bits per heavy atom. The molecule has 0 bridgehead atoms. The highest BCUT2D eigenvalue weighted by Crippen LogP contribution is 2.20. The molecule has 2 amide bonds. The van der Waals surface area contributed by atoms with Gasteiger partial charge < -0.3 is 15.0 Å². The highest BCUT2D eigenvalue weighted by molar-refractivity contribution is 5.89. The first-order chi connectivity index (χ1) is 8.24. The second kappa shape index (κ2) is 5.49. The van der Waals surface area contributed by atoms with Gasteiger partial charge in [0.2, 0.25) is 11.8 Å². The minimum Gasteiger partial charge on any atom is -0.381 e. The van der Waals surface area contributed by atoms with Crippen molar-refractivity contribution in [3.8, 4) is 0 Å². The Balaban J connectivity index is 2.03. The molecule has 2 saturated heterocycles. The number of carbonyl (C=O) groups is 2. The molecule has 0 aromatic carbocycles. The molecule has 0 spiro atoms. The van der Waals surface area contributed by atoms with E-state index in [4.69, 9.17) is 4.74 Å². The Bertz CT molecular complexity index is 300. The summed E-state index contributed by atoms with van der Waals surface area (Å²) in [6, 6.07) is -0.279. The van der Waals surface area contributed by atoms with Crippen molar-refractivity contribution in [2.75, 3.05) is 26.3 Å². The molecule has 0 saturated carbocycles. The number of nitrogens with zero attached hydrogens (tertiary/aromatic N) is 1. The van der Waals surface area contributed by atoms with E-state index in [1.54, 1.807) is 4.90 Å². The molecule has 5 heteroatoms. The molecule has 2 aliphatic heterocycles. The summed E-state index contributed by atoms with van der Waals surface area (Å²) in [5.41, 5.74) is 0. The molecule has 1 N–H and O–H groups in total. The van der Waals surface area contributed by atoms with E-state index in [0.29, 0.717) is 32.7 Å². The number of hydrogen-bond donors (Lipinski definition) is 1. The lowest BCUT2D eigenvalue weighted by molar-refractivity contribution is -0.148. The van der Waals surface area contributed by atoms with Crippen LogP contribution < -0.4 is 5.32 Å². The third-order valence-corrected chi connectivity index (χ3v) is 3.57. The third-order valence-electron chi connectivity index (χ3n) is 3.57. The zero-order valence-corrected chi connectivity index (χ0v) is 10.3. The predicted molar refractivity (Wildman–Crippen MR) is 62.3 cm³/mol. The van der Waals surface area contributed by atoms with Gasteiger partial charge in [-0.15, -0.1) is 0 Å². The minimum absolute atomic E-state index is 0.0147. The highest BCUT2D eigenvalue weighted by Gasteiger charge is 2.35. The molecule has 5 nitrogen and oxygen atoms in total. The Morgan fingerprint density at radius 1 is 1.47 bits per heavy atom. The first kappa shape index (κ1) is 12.4. The van der Waals surface area contributed by atoms with Crippen molar-refractivity contribution in [2.45, 2.75) is 32.2 Å². The van der Waals surface area contributed by atoms with Crippen LogP contribution in [0.1, 0.15) is 26.2 Å². The zero-order valence-electron chi connectivity index (χ0n) is 10.3. The maximum atomic E-state index is 12.4. The standard InChI is InChI=1S/C12H20N2O3/c1-2-10-11(15)13-5-6-14(10)12(16)9-3-7-17-8-4-9/h9-10H,2-8H2,1H3,(H,13,15). The lowest BCUT2D eigenvalue weighted by atomic mass is 9.96. The van der Waals surface area contributed by atoms with Crippen LogP contribution in [0.5, 0.6) is 0 Å². The van der Waals surface area contributed by atoms with Crippen LogP contribution in [0, 0.1) is 5.92 Å². The molecular weight excluding hydrogens is 220 g/mol. The van der Waals surface area contributed by atoms with Gasteiger partial charge in [-0.25, -0.2) is 0 Å². The van der Waals surface area contributed by atoms with Crippen molar-refractivity contribution in [1.29, 1.82) is 0 Å². The Labute approximate surface area is 101 Å². The largest absolute Gasteiger partial charge is 0.381 e. The van der Waals surface area contributed by atoms with E-state index in [0.717, 1.165) is 12.8 Å². The van der Waals surface area contributed by atoms with Crippen molar-refractivity contribution in [1.82, 2.24) is 10.2 Å². The van der Waals surface area contributed by atoms with Crippen LogP contribution in [-0.4, -0.2) is 49.1 Å². The fraction of sp³-hybridized carbons (Fsp3) is 0.833. The number of hydrogen-bond acceptors (Lipinski definition) is 3. The molecule has 96 valence electrons. The lowest BCUT2D eigenvalue weighted by Crippen LogP contribution is -2.58. The second-order valence-corrected chi connectivity index (χ2v) is 4.63. The Kier molecular flexibility index (Phi) is 3.99. The molecule has 17 heavy (non-hydrogen) atoms. The van der Waals surface area contributed by atoms with Crippen LogP contribution in [0.4, 0.5) is 0 Å². The third kappa shape index (κ3) is 2.60. The molecule has 1 unspecified atom stereocenters. The number of nitrogens with one attached hydrogen (secondary N) is 1. The van der Waals surface area contributed by atoms with Gasteiger partial charge in [0, 0.05) is 32.2 Å². The molecule has 0 aromatic heterocycles. The molecule has 0 aliphatic carbocycles. The van der Waals surface area contributed by atoms with Crippen molar-refractivity contribution in [3.63, 3.8) is 0 Å². The molecule has 2 aliphatic rings. The van der Waals surface area contributed by atoms with E-state index in [1.807, 2.05) is 6.92 Å². The highest BCUT2D eigenvalue weighted by atomic mass is 16.5. The van der Waals surface area contributed by atoms with Gasteiger partial charge in [-0.3, -0.25) is 9.59 Å². The first-order valence-electron chi connectivity index (χ1n) is 6.40. The zero-order chi connectivity index (χ0) is 12.3. The predicted octanol–water partition coefficient (Wildman–Crippen LogP) is 0.150. The van der Waals surface area contributed by atoms with E-state index in [9.17, 15) is 9.59 Å². The SMILES string of the molecule is CCC1C(=O)NCCN1C(=O)C1CCOCC1. The molecule has 0 aromatic rings. The molecule has 2 fully saturated rings. The number of amides is 2. The molecule has 0 radical (unpaired) electrons. The summed E-state index contributed by atoms with van der Waals surface area (Å²) in [6.45, 7) is 4.48. The Morgan fingerprint density at radius 3 is 2.82 bits per heavy atom. The number of carbonyl (C=O) groups excluding carboxylic acids is 2. The quantitative estimate of drug-likeness (QED) is 0.747. The van der Waals surface area contributed by atoms with Crippen molar-refractivity contribution in [3.05, 3.63) is 0 Å². The maximum Gasteiger partial charge on any atom is 0.242 e. The van der Waals surface area contributed by atoms with Crippen molar-refractivity contribution >= 4 is 11.8 Å². The number of ether oxygens (including phenoxy) is 1. The summed E-state index contributed by atoms with van der Waals surface area (Å²) < 4.78 is 5.26. The lowest BCUT2D eigenvalue weighted by Gasteiger charge is -2.37. The normalized spacial score (nSPS) is 26.8. The molecule has 2 heterocycles. The monoisotopic (exact) mass is 240 g/mol. The topological polar surface area (TPSA) is 58.6 Å². The minimum atomic E-state index is -0.279. The van der Waals surface area contributed by atoms with E-state index in [1.165, 1.54) is 0 Å². The van der Waals surface area contributed by atoms with E-state index >= 15 is 0 Å². The van der Waals surface area contributed by atoms with E-state index < -0.39 is 0 Å². The number of piperazine rings is 1. The Hall–Kier alpha value is -1.10. The van der Waals surface area contributed by atoms with Crippen LogP contribution in [0.15, 0.2) is 0 Å². The van der Waals surface area contributed by atoms with Crippen molar-refractivity contribution in [2.24, 2.45) is 5.92 Å². The average molecular weight is 240 g/mol. The van der Waals surface area contributed by atoms with Crippen LogP contribution in [0.25, 0.3) is 0 Å². The van der Waals surface area contributed by atoms with Gasteiger partial charge in [-0.2, -0.15) is 0 Å². The van der Waals surface area contributed by atoms with Crippen molar-refractivity contribution < 1.29 is 14.3 Å². The maximum absolute atomic E-state index is 12.4. The van der Waals surface area contributed by atoms with E-state index in [-0.39, 0.29) is 23.8 Å². The summed E-state index contributed by atoms with van der Waals surface area (Å²) in [4.78, 5) is 25.8. The summed E-state index contributed by atoms with van der Waals surface area (Å²) in [6.07, 6.45) is 2.25. The van der Waals surface area contributed by atoms with Crippen LogP contribution in [0.3, 0.4) is 0 Å². The summed E-state index contributed by atoms with van der Waals surface area (Å²) in [5, 5.41) is 2.81. The summed E-state index contributed by atoms with van der Waals surface area (Å²) >= 11 is 0. The second-order valence-electron chi connectivity index (χ2n) is 4.63. The van der Waals surface area contributed by atoms with Gasteiger partial charge in [0.1, 0.15) is 6.04 Å². The van der Waals surface area contributed by atoms with Gasteiger partial charge in [-0.05, 0) is 19.3 Å². The van der Waals surface area contributed by atoms with Crippen LogP contribution >= 0.6 is 0 Å². The fourth-order valence-corrected chi connectivity index (χ4v) is 2.56. The van der Waals surface area contributed by atoms with Gasteiger partial charge in [-0.1, -0.05) is 6.92 Å². The first-order valence-corrected chi connectivity index (χ1v) is 6.40. The summed E-state index contributed by atoms with van der Waals surface area (Å²) in [7, 11) is 0. The van der Waals surface area contributed by atoms with Gasteiger partial charge in [0.25, 0.3) is 0 Å². The summed E-state index contributed by atoms with van der Waals surface area (Å²) in [5.74, 6) is 0.165. The van der Waals surface area contributed by atoms with Crippen LogP contribution in [-0.2, 0) is 14.3 Å². The van der Waals surface area contributed by atoms with E-state index in [2.05, 4.69) is 5.32 Å². The smallest absolute Gasteiger partial charge is 0.242 e.